The molecular formula is C17H19Cl2NO. The summed E-state index contributed by atoms with van der Waals surface area (Å²) in [7, 11) is 0. The first-order valence-corrected chi connectivity index (χ1v) is 7.72. The topological polar surface area (TPSA) is 21.3 Å². The monoisotopic (exact) mass is 323 g/mol. The molecule has 2 nitrogen and oxygen atoms in total. The molecule has 0 fully saturated rings. The van der Waals surface area contributed by atoms with E-state index in [9.17, 15) is 0 Å². The van der Waals surface area contributed by atoms with Gasteiger partial charge in [-0.05, 0) is 56.2 Å². The molecule has 0 bridgehead atoms. The summed E-state index contributed by atoms with van der Waals surface area (Å²) in [5.41, 5.74) is 3.17. The van der Waals surface area contributed by atoms with Gasteiger partial charge >= 0.3 is 0 Å². The summed E-state index contributed by atoms with van der Waals surface area (Å²) in [4.78, 5) is 0. The van der Waals surface area contributed by atoms with Gasteiger partial charge in [0.15, 0.2) is 0 Å². The summed E-state index contributed by atoms with van der Waals surface area (Å²) in [5.74, 6) is 0.883. The van der Waals surface area contributed by atoms with Crippen LogP contribution in [0.4, 0.5) is 5.69 Å². The fourth-order valence-corrected chi connectivity index (χ4v) is 2.69. The molecular weight excluding hydrogens is 305 g/mol. The number of anilines is 1. The molecule has 1 atom stereocenters. The quantitative estimate of drug-likeness (QED) is 0.742. The van der Waals surface area contributed by atoms with E-state index in [0.717, 1.165) is 22.6 Å². The molecule has 0 aliphatic heterocycles. The standard InChI is InChI=1S/C17H19Cl2NO/c1-4-21-13-8-9-16(11(2)10-13)20-12(3)14-6-5-7-15(18)17(14)19/h5-10,12,20H,4H2,1-3H3. The van der Waals surface area contributed by atoms with Gasteiger partial charge in [-0.25, -0.2) is 0 Å². The van der Waals surface area contributed by atoms with E-state index in [1.807, 2.05) is 37.3 Å². The fraction of sp³-hybridized carbons (Fsp3) is 0.294. The summed E-state index contributed by atoms with van der Waals surface area (Å²) >= 11 is 12.3. The third-order valence-electron chi connectivity index (χ3n) is 3.33. The van der Waals surface area contributed by atoms with Crippen LogP contribution < -0.4 is 10.1 Å². The van der Waals surface area contributed by atoms with Gasteiger partial charge in [0.1, 0.15) is 5.75 Å². The van der Waals surface area contributed by atoms with Gasteiger partial charge in [0.25, 0.3) is 0 Å². The van der Waals surface area contributed by atoms with Crippen LogP contribution in [0.2, 0.25) is 10.0 Å². The van der Waals surface area contributed by atoms with Crippen molar-refractivity contribution in [3.8, 4) is 5.75 Å². The molecule has 2 aromatic rings. The minimum atomic E-state index is 0.0628. The molecule has 0 amide bonds. The molecule has 0 spiro atoms. The zero-order valence-electron chi connectivity index (χ0n) is 12.4. The average molecular weight is 324 g/mol. The van der Waals surface area contributed by atoms with Crippen molar-refractivity contribution >= 4 is 28.9 Å². The summed E-state index contributed by atoms with van der Waals surface area (Å²) in [6.07, 6.45) is 0. The molecule has 0 radical (unpaired) electrons. The highest BCUT2D eigenvalue weighted by Gasteiger charge is 2.12. The molecule has 4 heteroatoms. The van der Waals surface area contributed by atoms with Gasteiger partial charge < -0.3 is 10.1 Å². The Kier molecular flexibility index (Phi) is 5.38. The van der Waals surface area contributed by atoms with Crippen molar-refractivity contribution in [2.75, 3.05) is 11.9 Å². The Morgan fingerprint density at radius 3 is 2.62 bits per heavy atom. The second kappa shape index (κ2) is 7.06. The van der Waals surface area contributed by atoms with Crippen molar-refractivity contribution in [1.82, 2.24) is 0 Å². The normalized spacial score (nSPS) is 12.0. The number of hydrogen-bond acceptors (Lipinski definition) is 2. The molecule has 0 saturated carbocycles. The average Bonchev–Trinajstić information content (AvgIpc) is 2.45. The summed E-state index contributed by atoms with van der Waals surface area (Å²) in [5, 5.41) is 4.64. The molecule has 0 heterocycles. The zero-order valence-corrected chi connectivity index (χ0v) is 13.9. The number of benzene rings is 2. The highest BCUT2D eigenvalue weighted by Crippen LogP contribution is 2.32. The smallest absolute Gasteiger partial charge is 0.119 e. The van der Waals surface area contributed by atoms with E-state index in [1.165, 1.54) is 0 Å². The van der Waals surface area contributed by atoms with Crippen molar-refractivity contribution in [3.63, 3.8) is 0 Å². The molecule has 1 unspecified atom stereocenters. The molecule has 0 aliphatic carbocycles. The molecule has 112 valence electrons. The van der Waals surface area contributed by atoms with E-state index in [0.29, 0.717) is 16.7 Å². The van der Waals surface area contributed by atoms with Gasteiger partial charge in [0.2, 0.25) is 0 Å². The predicted molar refractivity (Wildman–Crippen MR) is 90.8 cm³/mol. The molecule has 0 aliphatic rings. The maximum absolute atomic E-state index is 6.27. The number of halogens is 2. The second-order valence-electron chi connectivity index (χ2n) is 4.92. The van der Waals surface area contributed by atoms with Crippen molar-refractivity contribution in [2.24, 2.45) is 0 Å². The third kappa shape index (κ3) is 3.84. The second-order valence-corrected chi connectivity index (χ2v) is 5.70. The van der Waals surface area contributed by atoms with Crippen LogP contribution >= 0.6 is 23.2 Å². The van der Waals surface area contributed by atoms with Crippen LogP contribution in [-0.4, -0.2) is 6.61 Å². The molecule has 2 rings (SSSR count). The Hall–Kier alpha value is -1.38. The van der Waals surface area contributed by atoms with Gasteiger partial charge in [0.05, 0.1) is 22.7 Å². The van der Waals surface area contributed by atoms with Gasteiger partial charge in [-0.2, -0.15) is 0 Å². The van der Waals surface area contributed by atoms with Crippen LogP contribution in [0.15, 0.2) is 36.4 Å². The largest absolute Gasteiger partial charge is 0.494 e. The number of hydrogen-bond donors (Lipinski definition) is 1. The van der Waals surface area contributed by atoms with E-state index in [1.54, 1.807) is 6.07 Å². The lowest BCUT2D eigenvalue weighted by atomic mass is 10.1. The summed E-state index contributed by atoms with van der Waals surface area (Å²) in [6.45, 7) is 6.76. The first kappa shape index (κ1) is 16.0. The Bertz CT molecular complexity index is 628. The first-order valence-electron chi connectivity index (χ1n) is 6.96. The number of aryl methyl sites for hydroxylation is 1. The lowest BCUT2D eigenvalue weighted by Gasteiger charge is -2.19. The van der Waals surface area contributed by atoms with E-state index < -0.39 is 0 Å². The van der Waals surface area contributed by atoms with E-state index in [2.05, 4.69) is 19.2 Å². The Balaban J connectivity index is 2.19. The van der Waals surface area contributed by atoms with Crippen molar-refractivity contribution in [2.45, 2.75) is 26.8 Å². The summed E-state index contributed by atoms with van der Waals surface area (Å²) < 4.78 is 5.50. The lowest BCUT2D eigenvalue weighted by molar-refractivity contribution is 0.340. The predicted octanol–water partition coefficient (Wildman–Crippen LogP) is 5.87. The van der Waals surface area contributed by atoms with Crippen molar-refractivity contribution in [1.29, 1.82) is 0 Å². The number of ether oxygens (including phenoxy) is 1. The van der Waals surface area contributed by atoms with Gasteiger partial charge in [-0.15, -0.1) is 0 Å². The van der Waals surface area contributed by atoms with E-state index in [-0.39, 0.29) is 6.04 Å². The highest BCUT2D eigenvalue weighted by atomic mass is 35.5. The maximum atomic E-state index is 6.27. The lowest BCUT2D eigenvalue weighted by Crippen LogP contribution is -2.08. The molecule has 2 aromatic carbocycles. The van der Waals surface area contributed by atoms with Crippen LogP contribution in [0.5, 0.6) is 5.75 Å². The van der Waals surface area contributed by atoms with E-state index in [4.69, 9.17) is 27.9 Å². The van der Waals surface area contributed by atoms with Crippen LogP contribution in [0.3, 0.4) is 0 Å². The molecule has 0 saturated heterocycles. The summed E-state index contributed by atoms with van der Waals surface area (Å²) in [6, 6.07) is 11.8. The van der Waals surface area contributed by atoms with Crippen LogP contribution in [0.25, 0.3) is 0 Å². The van der Waals surface area contributed by atoms with Gasteiger partial charge in [-0.3, -0.25) is 0 Å². The maximum Gasteiger partial charge on any atom is 0.119 e. The van der Waals surface area contributed by atoms with E-state index >= 15 is 0 Å². The first-order chi connectivity index (χ1) is 10.0. The minimum absolute atomic E-state index is 0.0628. The van der Waals surface area contributed by atoms with Crippen molar-refractivity contribution < 1.29 is 4.74 Å². The number of rotatable bonds is 5. The third-order valence-corrected chi connectivity index (χ3v) is 4.16. The fourth-order valence-electron chi connectivity index (χ4n) is 2.22. The molecule has 1 N–H and O–H groups in total. The number of nitrogens with one attached hydrogen (secondary N) is 1. The Morgan fingerprint density at radius 2 is 1.95 bits per heavy atom. The Labute approximate surface area is 136 Å². The van der Waals surface area contributed by atoms with Crippen LogP contribution in [0.1, 0.15) is 31.0 Å². The minimum Gasteiger partial charge on any atom is -0.494 e. The van der Waals surface area contributed by atoms with Crippen LogP contribution in [-0.2, 0) is 0 Å². The zero-order chi connectivity index (χ0) is 15.4. The van der Waals surface area contributed by atoms with Crippen molar-refractivity contribution in [3.05, 3.63) is 57.6 Å². The molecule has 0 aromatic heterocycles. The Morgan fingerprint density at radius 1 is 1.19 bits per heavy atom. The molecule has 21 heavy (non-hydrogen) atoms. The van der Waals surface area contributed by atoms with Gasteiger partial charge in [-0.1, -0.05) is 35.3 Å². The SMILES string of the molecule is CCOc1ccc(NC(C)c2cccc(Cl)c2Cl)c(C)c1. The van der Waals surface area contributed by atoms with Gasteiger partial charge in [0, 0.05) is 5.69 Å². The van der Waals surface area contributed by atoms with Crippen LogP contribution in [0, 0.1) is 6.92 Å². The highest BCUT2D eigenvalue weighted by molar-refractivity contribution is 6.42.